The van der Waals surface area contributed by atoms with Gasteiger partial charge in [0.25, 0.3) is 0 Å². The summed E-state index contributed by atoms with van der Waals surface area (Å²) in [5.41, 5.74) is 3.05. The summed E-state index contributed by atoms with van der Waals surface area (Å²) in [6.07, 6.45) is 4.40. The van der Waals surface area contributed by atoms with Gasteiger partial charge in [0.05, 0.1) is 11.2 Å². The third-order valence-corrected chi connectivity index (χ3v) is 4.86. The van der Waals surface area contributed by atoms with E-state index >= 15 is 0 Å². The third-order valence-electron chi connectivity index (χ3n) is 4.22. The van der Waals surface area contributed by atoms with Crippen LogP contribution in [0.15, 0.2) is 10.9 Å². The second-order valence-electron chi connectivity index (χ2n) is 5.56. The lowest BCUT2D eigenvalue weighted by Crippen LogP contribution is -2.41. The number of hydrogen-bond acceptors (Lipinski definition) is 4. The smallest absolute Gasteiger partial charge is 0.225 e. The van der Waals surface area contributed by atoms with Crippen LogP contribution in [0.3, 0.4) is 0 Å². The van der Waals surface area contributed by atoms with E-state index in [0.29, 0.717) is 5.91 Å². The van der Waals surface area contributed by atoms with E-state index in [2.05, 4.69) is 20.2 Å². The highest BCUT2D eigenvalue weighted by Gasteiger charge is 2.29. The van der Waals surface area contributed by atoms with E-state index in [1.807, 2.05) is 5.51 Å². The molecule has 5 heteroatoms. The van der Waals surface area contributed by atoms with Crippen molar-refractivity contribution in [3.63, 3.8) is 0 Å². The van der Waals surface area contributed by atoms with Crippen molar-refractivity contribution in [2.24, 2.45) is 5.92 Å². The van der Waals surface area contributed by atoms with Gasteiger partial charge in [-0.3, -0.25) is 9.69 Å². The number of nitrogens with zero attached hydrogens (tertiary/aromatic N) is 3. The number of piperidine rings is 1. The Morgan fingerprint density at radius 3 is 2.63 bits per heavy atom. The molecule has 4 nitrogen and oxygen atoms in total. The number of aromatic nitrogens is 1. The number of rotatable bonds is 3. The van der Waals surface area contributed by atoms with Crippen LogP contribution in [-0.2, 0) is 11.3 Å². The molecule has 0 bridgehead atoms. The van der Waals surface area contributed by atoms with E-state index in [4.69, 9.17) is 0 Å². The molecule has 0 aliphatic carbocycles. The lowest BCUT2D eigenvalue weighted by molar-refractivity contribution is -0.136. The zero-order valence-electron chi connectivity index (χ0n) is 11.3. The summed E-state index contributed by atoms with van der Waals surface area (Å²) < 4.78 is 0. The molecule has 104 valence electrons. The minimum atomic E-state index is 0.268. The van der Waals surface area contributed by atoms with E-state index in [1.54, 1.807) is 11.3 Å². The van der Waals surface area contributed by atoms with Crippen molar-refractivity contribution in [2.45, 2.75) is 32.2 Å². The van der Waals surface area contributed by atoms with Crippen LogP contribution in [0.25, 0.3) is 0 Å². The number of thiazole rings is 1. The largest absolute Gasteiger partial charge is 0.342 e. The van der Waals surface area contributed by atoms with Gasteiger partial charge in [0.15, 0.2) is 0 Å². The maximum Gasteiger partial charge on any atom is 0.225 e. The van der Waals surface area contributed by atoms with Gasteiger partial charge in [-0.25, -0.2) is 4.98 Å². The third kappa shape index (κ3) is 3.15. The molecule has 1 amide bonds. The Balaban J connectivity index is 1.47. The molecule has 2 aliphatic rings. The minimum absolute atomic E-state index is 0.268. The highest BCUT2D eigenvalue weighted by molar-refractivity contribution is 7.07. The molecular weight excluding hydrogens is 258 g/mol. The minimum Gasteiger partial charge on any atom is -0.342 e. The first-order valence-corrected chi connectivity index (χ1v) is 8.15. The fourth-order valence-corrected chi connectivity index (χ4v) is 3.63. The van der Waals surface area contributed by atoms with Crippen molar-refractivity contribution < 1.29 is 4.79 Å². The fourth-order valence-electron chi connectivity index (χ4n) is 3.08. The van der Waals surface area contributed by atoms with Crippen LogP contribution in [0, 0.1) is 5.92 Å². The van der Waals surface area contributed by atoms with Gasteiger partial charge in [-0.1, -0.05) is 0 Å². The number of likely N-dealkylation sites (tertiary alicyclic amines) is 2. The van der Waals surface area contributed by atoms with E-state index in [9.17, 15) is 4.79 Å². The fraction of sp³-hybridized carbons (Fsp3) is 0.714. The maximum absolute atomic E-state index is 12.3. The molecule has 0 atom stereocenters. The predicted molar refractivity (Wildman–Crippen MR) is 75.9 cm³/mol. The highest BCUT2D eigenvalue weighted by Crippen LogP contribution is 2.23. The average molecular weight is 279 g/mol. The van der Waals surface area contributed by atoms with Gasteiger partial charge in [0.2, 0.25) is 5.91 Å². The van der Waals surface area contributed by atoms with Crippen molar-refractivity contribution in [2.75, 3.05) is 26.2 Å². The number of hydrogen-bond donors (Lipinski definition) is 0. The van der Waals surface area contributed by atoms with Crippen LogP contribution in [0.1, 0.15) is 31.4 Å². The Hall–Kier alpha value is -0.940. The van der Waals surface area contributed by atoms with E-state index in [1.165, 1.54) is 12.8 Å². The summed E-state index contributed by atoms with van der Waals surface area (Å²) in [7, 11) is 0. The van der Waals surface area contributed by atoms with E-state index in [-0.39, 0.29) is 5.92 Å². The molecule has 2 saturated heterocycles. The summed E-state index contributed by atoms with van der Waals surface area (Å²) >= 11 is 1.65. The van der Waals surface area contributed by atoms with Gasteiger partial charge in [-0.2, -0.15) is 0 Å². The van der Waals surface area contributed by atoms with E-state index in [0.717, 1.165) is 51.3 Å². The topological polar surface area (TPSA) is 36.4 Å². The van der Waals surface area contributed by atoms with Crippen LogP contribution >= 0.6 is 11.3 Å². The Kier molecular flexibility index (Phi) is 4.13. The summed E-state index contributed by atoms with van der Waals surface area (Å²) in [5.74, 6) is 0.676. The van der Waals surface area contributed by atoms with Crippen LogP contribution in [0.4, 0.5) is 0 Å². The van der Waals surface area contributed by atoms with Crippen molar-refractivity contribution in [3.8, 4) is 0 Å². The van der Waals surface area contributed by atoms with Crippen LogP contribution in [-0.4, -0.2) is 46.9 Å². The SMILES string of the molecule is O=C(C1CCN(Cc2cscn2)CC1)N1CCCC1. The van der Waals surface area contributed by atoms with Gasteiger partial charge in [0, 0.05) is 30.9 Å². The highest BCUT2D eigenvalue weighted by atomic mass is 32.1. The van der Waals surface area contributed by atoms with Crippen molar-refractivity contribution in [1.82, 2.24) is 14.8 Å². The quantitative estimate of drug-likeness (QED) is 0.849. The first-order valence-electron chi connectivity index (χ1n) is 7.21. The Bertz CT molecular complexity index is 406. The predicted octanol–water partition coefficient (Wildman–Crippen LogP) is 1.98. The van der Waals surface area contributed by atoms with Crippen LogP contribution in [0.5, 0.6) is 0 Å². The monoisotopic (exact) mass is 279 g/mol. The molecule has 19 heavy (non-hydrogen) atoms. The molecule has 0 radical (unpaired) electrons. The maximum atomic E-state index is 12.3. The average Bonchev–Trinajstić information content (AvgIpc) is 3.12. The van der Waals surface area contributed by atoms with Crippen LogP contribution in [0.2, 0.25) is 0 Å². The van der Waals surface area contributed by atoms with Gasteiger partial charge in [0.1, 0.15) is 0 Å². The number of carbonyl (C=O) groups is 1. The lowest BCUT2D eigenvalue weighted by Gasteiger charge is -2.32. The van der Waals surface area contributed by atoms with Gasteiger partial charge >= 0.3 is 0 Å². The summed E-state index contributed by atoms with van der Waals surface area (Å²) in [6, 6.07) is 0. The standard InChI is InChI=1S/C14H21N3OS/c18-14(17-5-1-2-6-17)12-3-7-16(8-4-12)9-13-10-19-11-15-13/h10-12H,1-9H2. The number of carbonyl (C=O) groups excluding carboxylic acids is 1. The lowest BCUT2D eigenvalue weighted by atomic mass is 9.95. The van der Waals surface area contributed by atoms with Gasteiger partial charge in [-0.15, -0.1) is 11.3 Å². The first kappa shape index (κ1) is 13.1. The molecule has 3 rings (SSSR count). The second-order valence-corrected chi connectivity index (χ2v) is 6.28. The van der Waals surface area contributed by atoms with Crippen molar-refractivity contribution in [1.29, 1.82) is 0 Å². The molecule has 1 aromatic rings. The molecule has 2 aliphatic heterocycles. The summed E-state index contributed by atoms with van der Waals surface area (Å²) in [4.78, 5) is 21.1. The molecule has 3 heterocycles. The molecular formula is C14H21N3OS. The Morgan fingerprint density at radius 2 is 2.00 bits per heavy atom. The zero-order valence-corrected chi connectivity index (χ0v) is 12.1. The van der Waals surface area contributed by atoms with Gasteiger partial charge in [-0.05, 0) is 38.8 Å². The normalized spacial score (nSPS) is 22.0. The molecule has 0 spiro atoms. The zero-order chi connectivity index (χ0) is 13.1. The Morgan fingerprint density at radius 1 is 1.26 bits per heavy atom. The summed E-state index contributed by atoms with van der Waals surface area (Å²) in [5, 5.41) is 2.11. The molecule has 0 aromatic carbocycles. The molecule has 0 saturated carbocycles. The molecule has 1 aromatic heterocycles. The van der Waals surface area contributed by atoms with Crippen molar-refractivity contribution in [3.05, 3.63) is 16.6 Å². The molecule has 2 fully saturated rings. The second kappa shape index (κ2) is 6.01. The molecule has 0 unspecified atom stereocenters. The molecule has 0 N–H and O–H groups in total. The summed E-state index contributed by atoms with van der Waals surface area (Å²) in [6.45, 7) is 4.97. The van der Waals surface area contributed by atoms with Crippen LogP contribution < -0.4 is 0 Å². The van der Waals surface area contributed by atoms with Gasteiger partial charge < -0.3 is 4.90 Å². The first-order chi connectivity index (χ1) is 9.33. The Labute approximate surface area is 118 Å². The van der Waals surface area contributed by atoms with E-state index < -0.39 is 0 Å². The van der Waals surface area contributed by atoms with Crippen molar-refractivity contribution >= 4 is 17.2 Å². The number of amides is 1.